The molecule has 0 bridgehead atoms. The van der Waals surface area contributed by atoms with Crippen LogP contribution in [0, 0.1) is 15.5 Å². The zero-order valence-electron chi connectivity index (χ0n) is 12.8. The minimum absolute atomic E-state index is 0.0109. The van der Waals surface area contributed by atoms with Crippen molar-refractivity contribution >= 4 is 28.5 Å². The lowest BCUT2D eigenvalue weighted by molar-refractivity contribution is -0.384. The second kappa shape index (κ2) is 6.07. The number of carbonyl (C=O) groups is 2. The minimum atomic E-state index is -1.05. The van der Waals surface area contributed by atoms with Crippen LogP contribution in [0.1, 0.15) is 13.8 Å². The van der Waals surface area contributed by atoms with Crippen molar-refractivity contribution in [3.63, 3.8) is 0 Å². The van der Waals surface area contributed by atoms with Crippen LogP contribution in [-0.4, -0.2) is 33.0 Å². The quantitative estimate of drug-likeness (QED) is 0.622. The number of carboxylic acids is 1. The molecule has 0 saturated heterocycles. The molecule has 1 aromatic carbocycles. The molecule has 2 rings (SSSR count). The van der Waals surface area contributed by atoms with Crippen molar-refractivity contribution in [3.8, 4) is 0 Å². The molecule has 0 spiro atoms. The van der Waals surface area contributed by atoms with Gasteiger partial charge in [-0.15, -0.1) is 0 Å². The molecule has 0 saturated carbocycles. The number of carbonyl (C=O) groups excluding carboxylic acids is 1. The predicted octanol–water partition coefficient (Wildman–Crippen LogP) is 1.78. The molecule has 2 N–H and O–H groups in total. The first-order chi connectivity index (χ1) is 10.7. The highest BCUT2D eigenvalue weighted by Crippen LogP contribution is 2.22. The smallest absolute Gasteiger partial charge is 0.310 e. The average molecular weight is 319 g/mol. The molecule has 0 aliphatic heterocycles. The Morgan fingerprint density at radius 3 is 2.65 bits per heavy atom. The zero-order chi connectivity index (χ0) is 17.2. The Morgan fingerprint density at radius 2 is 2.04 bits per heavy atom. The second-order valence-corrected chi connectivity index (χ2v) is 5.91. The Balaban J connectivity index is 2.08. The fourth-order valence-electron chi connectivity index (χ4n) is 2.04. The number of amides is 1. The fourth-order valence-corrected chi connectivity index (χ4v) is 2.04. The summed E-state index contributed by atoms with van der Waals surface area (Å²) in [4.78, 5) is 33.2. The molecule has 0 aliphatic carbocycles. The number of nitrogens with zero attached hydrogens (tertiary/aromatic N) is 2. The van der Waals surface area contributed by atoms with E-state index in [4.69, 9.17) is 5.11 Å². The summed E-state index contributed by atoms with van der Waals surface area (Å²) in [5, 5.41) is 23.0. The van der Waals surface area contributed by atoms with Crippen LogP contribution in [0.15, 0.2) is 30.5 Å². The summed E-state index contributed by atoms with van der Waals surface area (Å²) in [7, 11) is 0. The fraction of sp³-hybridized carbons (Fsp3) is 0.333. The van der Waals surface area contributed by atoms with Crippen LogP contribution in [0.3, 0.4) is 0 Å². The van der Waals surface area contributed by atoms with Gasteiger partial charge in [-0.3, -0.25) is 19.7 Å². The molecule has 0 atom stereocenters. The van der Waals surface area contributed by atoms with Crippen molar-refractivity contribution in [2.24, 2.45) is 5.41 Å². The molecule has 8 nitrogen and oxygen atoms in total. The molecule has 0 aliphatic rings. The molecule has 1 amide bonds. The standard InChI is InChI=1S/C15H17N3O5/c1-15(2,14(20)21)9-16-13(19)8-17-6-5-10-7-11(18(22)23)3-4-12(10)17/h3-7H,8-9H2,1-2H3,(H,16,19)(H,20,21). The second-order valence-electron chi connectivity index (χ2n) is 5.91. The molecule has 8 heteroatoms. The van der Waals surface area contributed by atoms with E-state index in [2.05, 4.69) is 5.32 Å². The van der Waals surface area contributed by atoms with E-state index in [1.54, 1.807) is 22.9 Å². The molecule has 1 aromatic heterocycles. The van der Waals surface area contributed by atoms with Gasteiger partial charge in [-0.2, -0.15) is 0 Å². The molecule has 122 valence electrons. The van der Waals surface area contributed by atoms with E-state index in [1.807, 2.05) is 0 Å². The molecule has 0 unspecified atom stereocenters. The molecule has 23 heavy (non-hydrogen) atoms. The lowest BCUT2D eigenvalue weighted by Gasteiger charge is -2.19. The van der Waals surface area contributed by atoms with Crippen LogP contribution in [-0.2, 0) is 16.1 Å². The van der Waals surface area contributed by atoms with Crippen LogP contribution in [0.4, 0.5) is 5.69 Å². The van der Waals surface area contributed by atoms with E-state index < -0.39 is 16.3 Å². The number of non-ortho nitro benzene ring substituents is 1. The maximum absolute atomic E-state index is 12.0. The normalized spacial score (nSPS) is 11.4. The number of benzene rings is 1. The number of aliphatic carboxylic acids is 1. The largest absolute Gasteiger partial charge is 0.481 e. The summed E-state index contributed by atoms with van der Waals surface area (Å²) in [6.07, 6.45) is 1.66. The molecular weight excluding hydrogens is 302 g/mol. The number of hydrogen-bond acceptors (Lipinski definition) is 4. The van der Waals surface area contributed by atoms with Crippen LogP contribution in [0.2, 0.25) is 0 Å². The number of fused-ring (bicyclic) bond motifs is 1. The summed E-state index contributed by atoms with van der Waals surface area (Å²) in [6.45, 7) is 3.09. The Hall–Kier alpha value is -2.90. The number of nitro groups is 1. The number of nitrogens with one attached hydrogen (secondary N) is 1. The van der Waals surface area contributed by atoms with Gasteiger partial charge in [0.1, 0.15) is 6.54 Å². The van der Waals surface area contributed by atoms with Crippen LogP contribution in [0.5, 0.6) is 0 Å². The van der Waals surface area contributed by atoms with Crippen molar-refractivity contribution in [3.05, 3.63) is 40.6 Å². The highest BCUT2D eigenvalue weighted by atomic mass is 16.6. The number of aromatic nitrogens is 1. The minimum Gasteiger partial charge on any atom is -0.481 e. The van der Waals surface area contributed by atoms with Gasteiger partial charge in [0, 0.05) is 35.8 Å². The number of rotatable bonds is 6. The first-order valence-corrected chi connectivity index (χ1v) is 6.94. The molecule has 2 aromatic rings. The first-order valence-electron chi connectivity index (χ1n) is 6.94. The van der Waals surface area contributed by atoms with Gasteiger partial charge in [0.25, 0.3) is 5.69 Å². The topological polar surface area (TPSA) is 114 Å². The van der Waals surface area contributed by atoms with E-state index in [-0.39, 0.29) is 24.7 Å². The lowest BCUT2D eigenvalue weighted by Crippen LogP contribution is -2.40. The van der Waals surface area contributed by atoms with Gasteiger partial charge >= 0.3 is 5.97 Å². The van der Waals surface area contributed by atoms with E-state index in [1.165, 1.54) is 26.0 Å². The number of nitro benzene ring substituents is 1. The maximum atomic E-state index is 12.0. The molecule has 0 radical (unpaired) electrons. The summed E-state index contributed by atoms with van der Waals surface area (Å²) in [6, 6.07) is 6.10. The van der Waals surface area contributed by atoms with Crippen molar-refractivity contribution < 1.29 is 19.6 Å². The Labute approximate surface area is 131 Å². The lowest BCUT2D eigenvalue weighted by atomic mass is 9.94. The zero-order valence-corrected chi connectivity index (χ0v) is 12.8. The number of carboxylic acid groups (broad SMARTS) is 1. The molecular formula is C15H17N3O5. The maximum Gasteiger partial charge on any atom is 0.310 e. The average Bonchev–Trinajstić information content (AvgIpc) is 2.87. The van der Waals surface area contributed by atoms with Crippen LogP contribution in [0.25, 0.3) is 10.9 Å². The Bertz CT molecular complexity index is 779. The van der Waals surface area contributed by atoms with Crippen LogP contribution >= 0.6 is 0 Å². The first kappa shape index (κ1) is 16.5. The Morgan fingerprint density at radius 1 is 1.35 bits per heavy atom. The van der Waals surface area contributed by atoms with E-state index in [0.29, 0.717) is 10.9 Å². The van der Waals surface area contributed by atoms with Gasteiger partial charge in [0.15, 0.2) is 0 Å². The van der Waals surface area contributed by atoms with E-state index in [9.17, 15) is 19.7 Å². The van der Waals surface area contributed by atoms with Gasteiger partial charge in [0.2, 0.25) is 5.91 Å². The van der Waals surface area contributed by atoms with Crippen molar-refractivity contribution in [1.29, 1.82) is 0 Å². The highest BCUT2D eigenvalue weighted by molar-refractivity contribution is 5.85. The highest BCUT2D eigenvalue weighted by Gasteiger charge is 2.27. The third kappa shape index (κ3) is 3.65. The summed E-state index contributed by atoms with van der Waals surface area (Å²) < 4.78 is 1.65. The van der Waals surface area contributed by atoms with Gasteiger partial charge in [-0.05, 0) is 26.0 Å². The Kier molecular flexibility index (Phi) is 4.35. The number of hydrogen-bond donors (Lipinski definition) is 2. The summed E-state index contributed by atoms with van der Waals surface area (Å²) >= 11 is 0. The third-order valence-corrected chi connectivity index (χ3v) is 3.59. The van der Waals surface area contributed by atoms with Gasteiger partial charge < -0.3 is 15.0 Å². The summed E-state index contributed by atoms with van der Waals surface area (Å²) in [5.74, 6) is -1.31. The van der Waals surface area contributed by atoms with Gasteiger partial charge in [-0.1, -0.05) is 0 Å². The van der Waals surface area contributed by atoms with Gasteiger partial charge in [-0.25, -0.2) is 0 Å². The third-order valence-electron chi connectivity index (χ3n) is 3.59. The summed E-state index contributed by atoms with van der Waals surface area (Å²) in [5.41, 5.74) is -0.360. The van der Waals surface area contributed by atoms with Crippen molar-refractivity contribution in [1.82, 2.24) is 9.88 Å². The van der Waals surface area contributed by atoms with Crippen LogP contribution < -0.4 is 5.32 Å². The monoisotopic (exact) mass is 319 g/mol. The van der Waals surface area contributed by atoms with Crippen molar-refractivity contribution in [2.45, 2.75) is 20.4 Å². The van der Waals surface area contributed by atoms with Gasteiger partial charge in [0.05, 0.1) is 10.3 Å². The predicted molar refractivity (Wildman–Crippen MR) is 83.0 cm³/mol. The SMILES string of the molecule is CC(C)(CNC(=O)Cn1ccc2cc([N+](=O)[O-])ccc21)C(=O)O. The molecule has 1 heterocycles. The van der Waals surface area contributed by atoms with E-state index >= 15 is 0 Å². The van der Waals surface area contributed by atoms with E-state index in [0.717, 1.165) is 0 Å². The molecule has 0 fully saturated rings. The van der Waals surface area contributed by atoms with Crippen molar-refractivity contribution in [2.75, 3.05) is 6.54 Å².